The van der Waals surface area contributed by atoms with Gasteiger partial charge in [0.25, 0.3) is 5.91 Å². The topological polar surface area (TPSA) is 50.7 Å². The summed E-state index contributed by atoms with van der Waals surface area (Å²) in [6, 6.07) is 5.12. The summed E-state index contributed by atoms with van der Waals surface area (Å²) in [5, 5.41) is 4.83. The fourth-order valence-corrected chi connectivity index (χ4v) is 3.12. The summed E-state index contributed by atoms with van der Waals surface area (Å²) in [6.45, 7) is 7.91. The van der Waals surface area contributed by atoms with Crippen LogP contribution in [-0.4, -0.2) is 18.2 Å². The van der Waals surface area contributed by atoms with E-state index in [2.05, 4.69) is 39.1 Å². The molecule has 128 valence electrons. The Kier molecular flexibility index (Phi) is 6.63. The molecular formula is C18H20BrClN2O2. The third-order valence-electron chi connectivity index (χ3n) is 3.87. The van der Waals surface area contributed by atoms with Crippen LogP contribution in [0.25, 0.3) is 0 Å². The molecule has 1 unspecified atom stereocenters. The van der Waals surface area contributed by atoms with E-state index in [1.54, 1.807) is 18.2 Å². The number of halogens is 2. The van der Waals surface area contributed by atoms with Crippen LogP contribution in [-0.2, 0) is 4.79 Å². The van der Waals surface area contributed by atoms with E-state index in [0.717, 1.165) is 29.7 Å². The largest absolute Gasteiger partial charge is 0.483 e. The number of rotatable bonds is 5. The predicted molar refractivity (Wildman–Crippen MR) is 102 cm³/mol. The molecule has 1 aliphatic carbocycles. The standard InChI is InChI=1S/C18H20BrClN2O2/c1-11(2)13-5-4-12(3)16(8-13)21-22-18(23)10-24-17-7-6-14(20)9-15(17)19/h4,6-7,9,13H,1,5,8,10H2,2-3H3,(H,22,23)/b21-16+. The third kappa shape index (κ3) is 5.21. The maximum Gasteiger partial charge on any atom is 0.277 e. The SMILES string of the molecule is C=C(C)C1CC=C(C)/C(=N/NC(=O)COc2ccc(Cl)cc2Br)C1. The van der Waals surface area contributed by atoms with E-state index >= 15 is 0 Å². The lowest BCUT2D eigenvalue weighted by Crippen LogP contribution is -2.27. The van der Waals surface area contributed by atoms with Crippen molar-refractivity contribution >= 4 is 39.1 Å². The molecule has 1 atom stereocenters. The molecule has 6 heteroatoms. The molecule has 4 nitrogen and oxygen atoms in total. The van der Waals surface area contributed by atoms with E-state index < -0.39 is 0 Å². The highest BCUT2D eigenvalue weighted by Crippen LogP contribution is 2.28. The molecule has 0 spiro atoms. The first kappa shape index (κ1) is 18.7. The van der Waals surface area contributed by atoms with Crippen LogP contribution in [0.4, 0.5) is 0 Å². The first-order valence-corrected chi connectivity index (χ1v) is 8.79. The lowest BCUT2D eigenvalue weighted by Gasteiger charge is -2.22. The summed E-state index contributed by atoms with van der Waals surface area (Å²) in [4.78, 5) is 11.9. The number of allylic oxidation sites excluding steroid dienone is 3. The molecule has 0 saturated heterocycles. The molecule has 0 aromatic heterocycles. The van der Waals surface area contributed by atoms with Gasteiger partial charge in [-0.2, -0.15) is 5.10 Å². The van der Waals surface area contributed by atoms with Crippen LogP contribution >= 0.6 is 27.5 Å². The van der Waals surface area contributed by atoms with E-state index in [1.807, 2.05) is 13.8 Å². The number of nitrogens with zero attached hydrogens (tertiary/aromatic N) is 1. The van der Waals surface area contributed by atoms with Crippen molar-refractivity contribution in [1.82, 2.24) is 5.43 Å². The summed E-state index contributed by atoms with van der Waals surface area (Å²) in [5.41, 5.74) is 5.66. The van der Waals surface area contributed by atoms with Crippen molar-refractivity contribution in [3.8, 4) is 5.75 Å². The van der Waals surface area contributed by atoms with E-state index in [1.165, 1.54) is 0 Å². The molecule has 24 heavy (non-hydrogen) atoms. The summed E-state index contributed by atoms with van der Waals surface area (Å²) in [5.74, 6) is 0.624. The van der Waals surface area contributed by atoms with Gasteiger partial charge in [-0.25, -0.2) is 5.43 Å². The van der Waals surface area contributed by atoms with Gasteiger partial charge in [-0.05, 0) is 72.3 Å². The quantitative estimate of drug-likeness (QED) is 0.554. The van der Waals surface area contributed by atoms with Crippen LogP contribution in [0.15, 0.2) is 51.6 Å². The lowest BCUT2D eigenvalue weighted by atomic mass is 9.85. The van der Waals surface area contributed by atoms with E-state index in [9.17, 15) is 4.79 Å². The zero-order chi connectivity index (χ0) is 17.7. The summed E-state index contributed by atoms with van der Waals surface area (Å²) >= 11 is 9.21. The van der Waals surface area contributed by atoms with Gasteiger partial charge in [0.2, 0.25) is 0 Å². The fourth-order valence-electron chi connectivity index (χ4n) is 2.32. The number of nitrogens with one attached hydrogen (secondary N) is 1. The Labute approximate surface area is 155 Å². The van der Waals surface area contributed by atoms with Crippen molar-refractivity contribution in [1.29, 1.82) is 0 Å². The zero-order valence-electron chi connectivity index (χ0n) is 13.7. The van der Waals surface area contributed by atoms with Crippen molar-refractivity contribution in [2.75, 3.05) is 6.61 Å². The highest BCUT2D eigenvalue weighted by Gasteiger charge is 2.18. The number of ether oxygens (including phenoxy) is 1. The van der Waals surface area contributed by atoms with Gasteiger partial charge >= 0.3 is 0 Å². The zero-order valence-corrected chi connectivity index (χ0v) is 16.1. The Balaban J connectivity index is 1.91. The van der Waals surface area contributed by atoms with Crippen LogP contribution in [0.1, 0.15) is 26.7 Å². The summed E-state index contributed by atoms with van der Waals surface area (Å²) < 4.78 is 6.16. The molecule has 1 N–H and O–H groups in total. The Bertz CT molecular complexity index is 713. The van der Waals surface area contributed by atoms with Crippen LogP contribution in [0.5, 0.6) is 5.75 Å². The fraction of sp³-hybridized carbons (Fsp3) is 0.333. The van der Waals surface area contributed by atoms with E-state index in [-0.39, 0.29) is 12.5 Å². The normalized spacial score (nSPS) is 18.9. The van der Waals surface area contributed by atoms with Crippen molar-refractivity contribution in [2.45, 2.75) is 26.7 Å². The van der Waals surface area contributed by atoms with Crippen LogP contribution in [0.3, 0.4) is 0 Å². The van der Waals surface area contributed by atoms with Gasteiger partial charge < -0.3 is 4.74 Å². The number of benzene rings is 1. The van der Waals surface area contributed by atoms with Crippen molar-refractivity contribution in [3.63, 3.8) is 0 Å². The molecule has 1 aliphatic rings. The average molecular weight is 412 g/mol. The third-order valence-corrected chi connectivity index (χ3v) is 4.72. The molecule has 0 heterocycles. The van der Waals surface area contributed by atoms with Crippen molar-refractivity contribution < 1.29 is 9.53 Å². The molecule has 0 bridgehead atoms. The Morgan fingerprint density at radius 3 is 2.96 bits per heavy atom. The molecule has 1 amide bonds. The number of amides is 1. The van der Waals surface area contributed by atoms with Crippen LogP contribution in [0, 0.1) is 5.92 Å². The number of carbonyl (C=O) groups excluding carboxylic acids is 1. The molecule has 1 aromatic carbocycles. The smallest absolute Gasteiger partial charge is 0.277 e. The minimum absolute atomic E-state index is 0.121. The number of hydrogen-bond acceptors (Lipinski definition) is 3. The van der Waals surface area contributed by atoms with Crippen LogP contribution < -0.4 is 10.2 Å². The van der Waals surface area contributed by atoms with Crippen molar-refractivity contribution in [2.24, 2.45) is 11.0 Å². The molecule has 2 rings (SSSR count). The van der Waals surface area contributed by atoms with Gasteiger partial charge in [0.05, 0.1) is 10.2 Å². The van der Waals surface area contributed by atoms with E-state index in [4.69, 9.17) is 16.3 Å². The van der Waals surface area contributed by atoms with Gasteiger partial charge in [-0.3, -0.25) is 4.79 Å². The number of hydrazone groups is 1. The second-order valence-electron chi connectivity index (χ2n) is 5.83. The van der Waals surface area contributed by atoms with Gasteiger partial charge in [-0.15, -0.1) is 0 Å². The summed E-state index contributed by atoms with van der Waals surface area (Å²) in [7, 11) is 0. The minimum Gasteiger partial charge on any atom is -0.483 e. The van der Waals surface area contributed by atoms with Gasteiger partial charge in [0.1, 0.15) is 5.75 Å². The van der Waals surface area contributed by atoms with Gasteiger partial charge in [0, 0.05) is 5.02 Å². The first-order chi connectivity index (χ1) is 11.4. The lowest BCUT2D eigenvalue weighted by molar-refractivity contribution is -0.123. The monoisotopic (exact) mass is 410 g/mol. The maximum atomic E-state index is 11.9. The molecule has 0 fully saturated rings. The van der Waals surface area contributed by atoms with E-state index in [0.29, 0.717) is 21.2 Å². The molecule has 0 aliphatic heterocycles. The maximum absolute atomic E-state index is 11.9. The molecule has 1 aromatic rings. The molecule has 0 radical (unpaired) electrons. The van der Waals surface area contributed by atoms with Crippen molar-refractivity contribution in [3.05, 3.63) is 51.5 Å². The highest BCUT2D eigenvalue weighted by molar-refractivity contribution is 9.10. The predicted octanol–water partition coefficient (Wildman–Crippen LogP) is 4.89. The highest BCUT2D eigenvalue weighted by atomic mass is 79.9. The number of hydrogen-bond donors (Lipinski definition) is 1. The number of carbonyl (C=O) groups is 1. The van der Waals surface area contributed by atoms with Gasteiger partial charge in [0.15, 0.2) is 6.61 Å². The first-order valence-electron chi connectivity index (χ1n) is 7.62. The second kappa shape index (κ2) is 8.49. The Morgan fingerprint density at radius 2 is 2.29 bits per heavy atom. The van der Waals surface area contributed by atoms with Gasteiger partial charge in [-0.1, -0.05) is 29.8 Å². The average Bonchev–Trinajstić information content (AvgIpc) is 2.53. The molecular weight excluding hydrogens is 392 g/mol. The summed E-state index contributed by atoms with van der Waals surface area (Å²) in [6.07, 6.45) is 3.90. The molecule has 0 saturated carbocycles. The Hall–Kier alpha value is -1.59. The van der Waals surface area contributed by atoms with Crippen LogP contribution in [0.2, 0.25) is 5.02 Å². The second-order valence-corrected chi connectivity index (χ2v) is 7.12. The minimum atomic E-state index is -0.311. The Morgan fingerprint density at radius 1 is 1.54 bits per heavy atom.